The lowest BCUT2D eigenvalue weighted by Gasteiger charge is -2.49. The molecule has 0 unspecified atom stereocenters. The molecule has 0 bridgehead atoms. The van der Waals surface area contributed by atoms with Crippen LogP contribution in [0.2, 0.25) is 0 Å². The topological polar surface area (TPSA) is 160 Å². The second-order valence-electron chi connectivity index (χ2n) is 7.59. The van der Waals surface area contributed by atoms with Crippen LogP contribution in [0.25, 0.3) is 0 Å². The van der Waals surface area contributed by atoms with Crippen molar-refractivity contribution in [2.45, 2.75) is 55.3 Å². The van der Waals surface area contributed by atoms with E-state index in [0.717, 1.165) is 10.5 Å². The molecule has 6 N–H and O–H groups in total. The highest BCUT2D eigenvalue weighted by atomic mass is 16.6. The number of benzene rings is 1. The summed E-state index contributed by atoms with van der Waals surface area (Å²) in [6, 6.07) is 8.94. The summed E-state index contributed by atoms with van der Waals surface area (Å²) in [5, 5.41) is 60.7. The van der Waals surface area contributed by atoms with Gasteiger partial charge in [-0.1, -0.05) is 30.3 Å². The van der Waals surface area contributed by atoms with E-state index in [1.54, 1.807) is 24.3 Å². The average molecular weight is 413 g/mol. The lowest BCUT2D eigenvalue weighted by atomic mass is 9.80. The zero-order valence-corrected chi connectivity index (χ0v) is 15.7. The molecule has 0 aromatic heterocycles. The summed E-state index contributed by atoms with van der Waals surface area (Å²) in [6.07, 6.45) is -9.99. The Bertz CT molecular complexity index is 688. The number of carbonyl (C=O) groups is 1. The quantitative estimate of drug-likeness (QED) is 0.328. The van der Waals surface area contributed by atoms with Crippen LogP contribution >= 0.6 is 0 Å². The summed E-state index contributed by atoms with van der Waals surface area (Å²) in [7, 11) is 0. The number of β-amino-alcohol motifs (C(OH)–C–C–N with tert-alkyl or cyclic N) is 1. The Morgan fingerprint density at radius 1 is 1.10 bits per heavy atom. The van der Waals surface area contributed by atoms with Crippen LogP contribution < -0.4 is 0 Å². The molecule has 1 aromatic carbocycles. The molecule has 162 valence electrons. The number of likely N-dealkylation sites (tertiary alicyclic amines) is 1. The summed E-state index contributed by atoms with van der Waals surface area (Å²) in [5.41, 5.74) is -0.965. The van der Waals surface area contributed by atoms with E-state index in [1.165, 1.54) is 0 Å². The first-order valence-corrected chi connectivity index (χ1v) is 9.42. The maximum absolute atomic E-state index is 12.6. The van der Waals surface area contributed by atoms with E-state index in [1.807, 2.05) is 6.07 Å². The number of hydrogen-bond acceptors (Lipinski definition) is 9. The summed E-state index contributed by atoms with van der Waals surface area (Å²) in [5.74, 6) is 0. The van der Waals surface area contributed by atoms with Gasteiger partial charge >= 0.3 is 6.09 Å². The van der Waals surface area contributed by atoms with Crippen molar-refractivity contribution in [2.75, 3.05) is 19.7 Å². The van der Waals surface area contributed by atoms with Crippen molar-refractivity contribution in [3.05, 3.63) is 35.9 Å². The fourth-order valence-electron chi connectivity index (χ4n) is 3.84. The molecular weight excluding hydrogens is 386 g/mol. The second kappa shape index (κ2) is 8.92. The molecule has 29 heavy (non-hydrogen) atoms. The maximum Gasteiger partial charge on any atom is 0.410 e. The summed E-state index contributed by atoms with van der Waals surface area (Å²) in [6.45, 7) is -1.28. The Hall–Kier alpha value is -1.79. The molecule has 10 heteroatoms. The number of hydrogen-bond donors (Lipinski definition) is 6. The fraction of sp³-hybridized carbons (Fsp3) is 0.632. The number of nitrogens with zero attached hydrogens (tertiary/aromatic N) is 1. The van der Waals surface area contributed by atoms with Gasteiger partial charge in [0.15, 0.2) is 0 Å². The third-order valence-electron chi connectivity index (χ3n) is 5.49. The van der Waals surface area contributed by atoms with Crippen molar-refractivity contribution < 1.29 is 44.9 Å². The van der Waals surface area contributed by atoms with Crippen molar-refractivity contribution in [3.63, 3.8) is 0 Å². The Balaban J connectivity index is 1.80. The molecule has 0 aliphatic carbocycles. The minimum Gasteiger partial charge on any atom is -0.445 e. The van der Waals surface area contributed by atoms with Crippen LogP contribution in [0.5, 0.6) is 0 Å². The molecule has 2 aliphatic heterocycles. The lowest BCUT2D eigenvalue weighted by molar-refractivity contribution is -0.281. The summed E-state index contributed by atoms with van der Waals surface area (Å²) >= 11 is 0. The van der Waals surface area contributed by atoms with Crippen LogP contribution in [-0.4, -0.2) is 104 Å². The molecule has 0 saturated carbocycles. The molecule has 1 amide bonds. The van der Waals surface area contributed by atoms with Gasteiger partial charge in [-0.25, -0.2) is 4.79 Å². The number of ether oxygens (including phenoxy) is 2. The largest absolute Gasteiger partial charge is 0.445 e. The number of amides is 1. The van der Waals surface area contributed by atoms with E-state index in [-0.39, 0.29) is 26.1 Å². The van der Waals surface area contributed by atoms with Crippen LogP contribution in [0, 0.1) is 0 Å². The highest BCUT2D eigenvalue weighted by Gasteiger charge is 2.56. The first kappa shape index (κ1) is 21.9. The molecule has 2 heterocycles. The third kappa shape index (κ3) is 4.53. The van der Waals surface area contributed by atoms with Gasteiger partial charge in [-0.05, 0) is 5.56 Å². The molecule has 2 aliphatic rings. The van der Waals surface area contributed by atoms with Gasteiger partial charge in [0.2, 0.25) is 0 Å². The molecule has 3 rings (SSSR count). The van der Waals surface area contributed by atoms with E-state index in [9.17, 15) is 35.4 Å². The minimum atomic E-state index is -1.71. The van der Waals surface area contributed by atoms with Crippen LogP contribution in [0.1, 0.15) is 12.0 Å². The van der Waals surface area contributed by atoms with Crippen molar-refractivity contribution in [1.29, 1.82) is 0 Å². The van der Waals surface area contributed by atoms with Crippen LogP contribution in [0.15, 0.2) is 30.3 Å². The Morgan fingerprint density at radius 2 is 1.79 bits per heavy atom. The van der Waals surface area contributed by atoms with E-state index < -0.39 is 54.9 Å². The van der Waals surface area contributed by atoms with Gasteiger partial charge in [0.05, 0.1) is 31.9 Å². The Labute approximate surface area is 167 Å². The Kier molecular flexibility index (Phi) is 6.74. The summed E-state index contributed by atoms with van der Waals surface area (Å²) < 4.78 is 10.9. The average Bonchev–Trinajstić information content (AvgIpc) is 2.85. The van der Waals surface area contributed by atoms with Crippen molar-refractivity contribution in [1.82, 2.24) is 4.90 Å². The maximum atomic E-state index is 12.6. The fourth-order valence-corrected chi connectivity index (χ4v) is 3.84. The molecule has 0 radical (unpaired) electrons. The van der Waals surface area contributed by atoms with Gasteiger partial charge in [0, 0.05) is 6.42 Å². The van der Waals surface area contributed by atoms with E-state index in [0.29, 0.717) is 0 Å². The standard InChI is InChI=1S/C19H27NO9/c21-8-14-15(24)16(25)17(26)19(29-14)6-12(22)13(23)7-20(10-19)18(27)28-9-11-4-2-1-3-5-11/h1-5,12-17,21-26H,6-10H2/t12-,13+,14+,15+,16-,17+,19+/m0/s1. The predicted octanol–water partition coefficient (Wildman–Crippen LogP) is -2.04. The van der Waals surface area contributed by atoms with Gasteiger partial charge in [0.1, 0.15) is 36.6 Å². The molecule has 2 saturated heterocycles. The molecule has 1 aromatic rings. The number of rotatable bonds is 3. The molecular formula is C19H27NO9. The van der Waals surface area contributed by atoms with Gasteiger partial charge in [0.25, 0.3) is 0 Å². The zero-order chi connectivity index (χ0) is 21.2. The monoisotopic (exact) mass is 413 g/mol. The van der Waals surface area contributed by atoms with Crippen molar-refractivity contribution in [3.8, 4) is 0 Å². The first-order chi connectivity index (χ1) is 13.8. The highest BCUT2D eigenvalue weighted by molar-refractivity contribution is 5.68. The van der Waals surface area contributed by atoms with E-state index >= 15 is 0 Å². The predicted molar refractivity (Wildman–Crippen MR) is 97.5 cm³/mol. The molecule has 1 spiro atoms. The number of carbonyl (C=O) groups excluding carboxylic acids is 1. The Morgan fingerprint density at radius 3 is 2.45 bits per heavy atom. The summed E-state index contributed by atoms with van der Waals surface area (Å²) in [4.78, 5) is 13.7. The van der Waals surface area contributed by atoms with Crippen molar-refractivity contribution >= 4 is 6.09 Å². The first-order valence-electron chi connectivity index (χ1n) is 9.42. The normalized spacial score (nSPS) is 37.9. The smallest absolute Gasteiger partial charge is 0.410 e. The van der Waals surface area contributed by atoms with Gasteiger partial charge < -0.3 is 45.0 Å². The van der Waals surface area contributed by atoms with Crippen LogP contribution in [0.4, 0.5) is 4.79 Å². The highest BCUT2D eigenvalue weighted by Crippen LogP contribution is 2.37. The van der Waals surface area contributed by atoms with Crippen LogP contribution in [0.3, 0.4) is 0 Å². The molecule has 2 fully saturated rings. The van der Waals surface area contributed by atoms with Gasteiger partial charge in [-0.2, -0.15) is 0 Å². The lowest BCUT2D eigenvalue weighted by Crippen LogP contribution is -2.68. The molecule has 7 atom stereocenters. The van der Waals surface area contributed by atoms with Gasteiger partial charge in [-0.3, -0.25) is 0 Å². The number of aliphatic hydroxyl groups excluding tert-OH is 6. The number of aliphatic hydroxyl groups is 6. The third-order valence-corrected chi connectivity index (χ3v) is 5.49. The van der Waals surface area contributed by atoms with Crippen LogP contribution in [-0.2, 0) is 16.1 Å². The molecule has 10 nitrogen and oxygen atoms in total. The van der Waals surface area contributed by atoms with E-state index in [2.05, 4.69) is 0 Å². The van der Waals surface area contributed by atoms with E-state index in [4.69, 9.17) is 9.47 Å². The minimum absolute atomic E-state index is 0.0220. The second-order valence-corrected chi connectivity index (χ2v) is 7.59. The van der Waals surface area contributed by atoms with Crippen molar-refractivity contribution in [2.24, 2.45) is 0 Å². The SMILES string of the molecule is O=C(OCc1ccccc1)N1C[C@@H](O)[C@@H](O)C[C@]2(C1)O[C@H](CO)[C@@H](O)[C@H](O)[C@H]2O. The zero-order valence-electron chi connectivity index (χ0n) is 15.7. The van der Waals surface area contributed by atoms with Gasteiger partial charge in [-0.15, -0.1) is 0 Å².